The number of fused-ring (bicyclic) bond motifs is 1. The van der Waals surface area contributed by atoms with Gasteiger partial charge in [-0.25, -0.2) is 0 Å². The molecule has 4 nitrogen and oxygen atoms in total. The average Bonchev–Trinajstić information content (AvgIpc) is 2.64. The van der Waals surface area contributed by atoms with Gasteiger partial charge in [-0.15, -0.1) is 0 Å². The Balaban J connectivity index is 2.45. The van der Waals surface area contributed by atoms with Crippen molar-refractivity contribution in [1.82, 2.24) is 0 Å². The molecule has 0 amide bonds. The number of carbonyl (C=O) groups excluding carboxylic acids is 1. The Bertz CT molecular complexity index is 675. The van der Waals surface area contributed by atoms with Gasteiger partial charge in [0.2, 0.25) is 0 Å². The fourth-order valence-corrected chi connectivity index (χ4v) is 3.04. The first-order valence-corrected chi connectivity index (χ1v) is 8.06. The van der Waals surface area contributed by atoms with Gasteiger partial charge in [0.25, 0.3) is 0 Å². The van der Waals surface area contributed by atoms with E-state index >= 15 is 0 Å². The van der Waals surface area contributed by atoms with Crippen molar-refractivity contribution >= 4 is 39.3 Å². The molecule has 1 aromatic heterocycles. The third kappa shape index (κ3) is 3.22. The standard InChI is InChI=1S/C14H15ClO4S/c1-8(2)18-13(16)7-12-14(20(3)17)10-6-9(15)4-5-11(10)19-12/h4-6,8H,7H2,1-3H3/t20-/m0/s1. The number of hydrogen-bond donors (Lipinski definition) is 0. The third-order valence-corrected chi connectivity index (χ3v) is 3.89. The summed E-state index contributed by atoms with van der Waals surface area (Å²) in [4.78, 5) is 12.2. The van der Waals surface area contributed by atoms with Gasteiger partial charge in [-0.3, -0.25) is 9.00 Å². The molecule has 0 saturated carbocycles. The van der Waals surface area contributed by atoms with E-state index in [-0.39, 0.29) is 12.5 Å². The van der Waals surface area contributed by atoms with Crippen molar-refractivity contribution in [3.05, 3.63) is 29.0 Å². The number of ether oxygens (including phenoxy) is 1. The maximum absolute atomic E-state index is 11.9. The lowest BCUT2D eigenvalue weighted by Gasteiger charge is -2.06. The second-order valence-electron chi connectivity index (χ2n) is 4.66. The first-order chi connectivity index (χ1) is 9.38. The van der Waals surface area contributed by atoms with E-state index in [2.05, 4.69) is 0 Å². The summed E-state index contributed by atoms with van der Waals surface area (Å²) >= 11 is 5.95. The highest BCUT2D eigenvalue weighted by atomic mass is 35.5. The molecule has 0 aliphatic rings. The zero-order valence-corrected chi connectivity index (χ0v) is 13.0. The van der Waals surface area contributed by atoms with Crippen LogP contribution in [0.25, 0.3) is 11.0 Å². The number of esters is 1. The molecule has 1 atom stereocenters. The molecular formula is C14H15ClO4S. The number of rotatable bonds is 4. The molecule has 0 saturated heterocycles. The Morgan fingerprint density at radius 1 is 1.45 bits per heavy atom. The number of hydrogen-bond acceptors (Lipinski definition) is 4. The summed E-state index contributed by atoms with van der Waals surface area (Å²) in [5.41, 5.74) is 0.562. The molecule has 2 aromatic rings. The number of benzene rings is 1. The van der Waals surface area contributed by atoms with Crippen molar-refractivity contribution in [3.8, 4) is 0 Å². The minimum absolute atomic E-state index is 0.0423. The summed E-state index contributed by atoms with van der Waals surface area (Å²) in [5, 5.41) is 1.20. The van der Waals surface area contributed by atoms with Crippen LogP contribution in [0.4, 0.5) is 0 Å². The Kier molecular flexibility index (Phi) is 4.50. The van der Waals surface area contributed by atoms with Gasteiger partial charge < -0.3 is 9.15 Å². The van der Waals surface area contributed by atoms with Crippen LogP contribution < -0.4 is 0 Å². The molecule has 108 valence electrons. The van der Waals surface area contributed by atoms with Crippen LogP contribution in [-0.4, -0.2) is 22.5 Å². The summed E-state index contributed by atoms with van der Waals surface area (Å²) < 4.78 is 22.6. The number of halogens is 1. The van der Waals surface area contributed by atoms with Gasteiger partial charge in [0.05, 0.1) is 21.8 Å². The maximum Gasteiger partial charge on any atom is 0.313 e. The molecule has 0 spiro atoms. The fourth-order valence-electron chi connectivity index (χ4n) is 1.97. The Labute approximate surface area is 124 Å². The number of furan rings is 1. The van der Waals surface area contributed by atoms with Crippen LogP contribution in [0.2, 0.25) is 5.02 Å². The monoisotopic (exact) mass is 314 g/mol. The largest absolute Gasteiger partial charge is 0.463 e. The second kappa shape index (κ2) is 5.97. The SMILES string of the molecule is CC(C)OC(=O)Cc1oc2ccc(Cl)cc2c1[S@](C)=O. The van der Waals surface area contributed by atoms with E-state index in [0.717, 1.165) is 0 Å². The molecule has 0 aliphatic carbocycles. The minimum Gasteiger partial charge on any atom is -0.463 e. The summed E-state index contributed by atoms with van der Waals surface area (Å²) in [6, 6.07) is 5.08. The predicted molar refractivity (Wildman–Crippen MR) is 78.5 cm³/mol. The van der Waals surface area contributed by atoms with Crippen LogP contribution in [0.15, 0.2) is 27.5 Å². The molecule has 0 radical (unpaired) electrons. The first-order valence-electron chi connectivity index (χ1n) is 6.12. The second-order valence-corrected chi connectivity index (χ2v) is 6.42. The van der Waals surface area contributed by atoms with Gasteiger partial charge in [-0.2, -0.15) is 0 Å². The summed E-state index contributed by atoms with van der Waals surface area (Å²) in [6.07, 6.45) is 1.30. The molecule has 20 heavy (non-hydrogen) atoms. The number of carbonyl (C=O) groups is 1. The predicted octanol–water partition coefficient (Wildman–Crippen LogP) is 3.32. The van der Waals surface area contributed by atoms with Crippen LogP contribution in [0.3, 0.4) is 0 Å². The molecule has 2 rings (SSSR count). The van der Waals surface area contributed by atoms with Crippen molar-refractivity contribution < 1.29 is 18.2 Å². The highest BCUT2D eigenvalue weighted by Crippen LogP contribution is 2.31. The third-order valence-electron chi connectivity index (χ3n) is 2.63. The van der Waals surface area contributed by atoms with E-state index in [1.54, 1.807) is 38.3 Å². The first kappa shape index (κ1) is 15.1. The van der Waals surface area contributed by atoms with Crippen molar-refractivity contribution in [1.29, 1.82) is 0 Å². The van der Waals surface area contributed by atoms with Crippen molar-refractivity contribution in [2.24, 2.45) is 0 Å². The van der Waals surface area contributed by atoms with Crippen LogP contribution in [0.1, 0.15) is 19.6 Å². The summed E-state index contributed by atoms with van der Waals surface area (Å²) in [5.74, 6) is -0.0365. The molecule has 0 aliphatic heterocycles. The van der Waals surface area contributed by atoms with E-state index in [9.17, 15) is 9.00 Å². The van der Waals surface area contributed by atoms with Crippen molar-refractivity contribution in [2.75, 3.05) is 6.26 Å². The summed E-state index contributed by atoms with van der Waals surface area (Å²) in [6.45, 7) is 3.55. The Morgan fingerprint density at radius 2 is 2.15 bits per heavy atom. The van der Waals surface area contributed by atoms with Gasteiger partial charge in [-0.1, -0.05) is 11.6 Å². The lowest BCUT2D eigenvalue weighted by atomic mass is 10.2. The Hall–Kier alpha value is -1.33. The average molecular weight is 315 g/mol. The van der Waals surface area contributed by atoms with Crippen molar-refractivity contribution in [2.45, 2.75) is 31.3 Å². The topological polar surface area (TPSA) is 56.5 Å². The van der Waals surface area contributed by atoms with E-state index in [0.29, 0.717) is 26.6 Å². The molecule has 1 aromatic carbocycles. The zero-order valence-electron chi connectivity index (χ0n) is 11.4. The summed E-state index contributed by atoms with van der Waals surface area (Å²) in [7, 11) is -1.28. The van der Waals surface area contributed by atoms with Gasteiger partial charge in [0.1, 0.15) is 17.8 Å². The molecule has 0 N–H and O–H groups in total. The van der Waals surface area contributed by atoms with E-state index < -0.39 is 16.8 Å². The molecule has 6 heteroatoms. The quantitative estimate of drug-likeness (QED) is 0.812. The van der Waals surface area contributed by atoms with E-state index in [4.69, 9.17) is 20.8 Å². The fraction of sp³-hybridized carbons (Fsp3) is 0.357. The van der Waals surface area contributed by atoms with Gasteiger partial charge >= 0.3 is 5.97 Å². The van der Waals surface area contributed by atoms with Crippen LogP contribution in [0, 0.1) is 0 Å². The highest BCUT2D eigenvalue weighted by molar-refractivity contribution is 7.84. The van der Waals surface area contributed by atoms with Gasteiger partial charge in [-0.05, 0) is 32.0 Å². The highest BCUT2D eigenvalue weighted by Gasteiger charge is 2.21. The normalized spacial score (nSPS) is 12.8. The van der Waals surface area contributed by atoms with Gasteiger partial charge in [0.15, 0.2) is 0 Å². The van der Waals surface area contributed by atoms with Gasteiger partial charge in [0, 0.05) is 16.7 Å². The van der Waals surface area contributed by atoms with E-state index in [1.165, 1.54) is 0 Å². The van der Waals surface area contributed by atoms with Crippen LogP contribution in [-0.2, 0) is 26.8 Å². The molecular weight excluding hydrogens is 300 g/mol. The smallest absolute Gasteiger partial charge is 0.313 e. The van der Waals surface area contributed by atoms with Crippen LogP contribution in [0.5, 0.6) is 0 Å². The van der Waals surface area contributed by atoms with Crippen molar-refractivity contribution in [3.63, 3.8) is 0 Å². The molecule has 0 fully saturated rings. The lowest BCUT2D eigenvalue weighted by molar-refractivity contribution is -0.146. The maximum atomic E-state index is 11.9. The molecule has 1 heterocycles. The Morgan fingerprint density at radius 3 is 2.75 bits per heavy atom. The minimum atomic E-state index is -1.28. The lowest BCUT2D eigenvalue weighted by Crippen LogP contribution is -2.14. The zero-order chi connectivity index (χ0) is 14.9. The molecule has 0 bridgehead atoms. The van der Waals surface area contributed by atoms with Crippen LogP contribution >= 0.6 is 11.6 Å². The molecule has 0 unspecified atom stereocenters. The van der Waals surface area contributed by atoms with E-state index in [1.807, 2.05) is 0 Å².